The topological polar surface area (TPSA) is 112 Å². The largest absolute Gasteiger partial charge is 0.463 e. The maximum atomic E-state index is 12.2. The number of nitrogens with one attached hydrogen (secondary N) is 1. The number of hydrogen-bond donors (Lipinski definition) is 3. The highest BCUT2D eigenvalue weighted by Crippen LogP contribution is 2.27. The molecule has 0 spiro atoms. The number of carbonyl (C=O) groups excluding carboxylic acids is 1. The molecule has 0 saturated carbocycles. The zero-order valence-electron chi connectivity index (χ0n) is 14.4. The normalized spacial score (nSPS) is 12.0. The minimum atomic E-state index is -0.328. The fourth-order valence-corrected chi connectivity index (χ4v) is 2.86. The van der Waals surface area contributed by atoms with Gasteiger partial charge in [0.1, 0.15) is 10.6 Å². The van der Waals surface area contributed by atoms with Crippen LogP contribution in [0.15, 0.2) is 63.7 Å². The first kappa shape index (κ1) is 17.8. The Morgan fingerprint density at radius 1 is 1.27 bits per heavy atom. The highest BCUT2D eigenvalue weighted by Gasteiger charge is 2.13. The van der Waals surface area contributed by atoms with E-state index in [1.807, 2.05) is 49.5 Å². The second kappa shape index (κ2) is 7.51. The Morgan fingerprint density at radius 3 is 2.58 bits per heavy atom. The van der Waals surface area contributed by atoms with Crippen LogP contribution >= 0.6 is 11.9 Å². The first-order valence-corrected chi connectivity index (χ1v) is 8.70. The number of amides is 1. The predicted octanol–water partition coefficient (Wildman–Crippen LogP) is 3.08. The molecule has 5 N–H and O–H groups in total. The van der Waals surface area contributed by atoms with Crippen LogP contribution < -0.4 is 16.2 Å². The van der Waals surface area contributed by atoms with E-state index in [0.29, 0.717) is 22.0 Å². The molecule has 0 aliphatic rings. The lowest BCUT2D eigenvalue weighted by atomic mass is 10.1. The number of rotatable bonds is 5. The molecule has 26 heavy (non-hydrogen) atoms. The third-order valence-electron chi connectivity index (χ3n) is 3.77. The highest BCUT2D eigenvalue weighted by atomic mass is 32.2. The molecular weight excluding hydrogens is 350 g/mol. The number of allylic oxidation sites excluding steroid dienone is 1. The van der Waals surface area contributed by atoms with Crippen molar-refractivity contribution in [2.75, 3.05) is 5.32 Å². The molecule has 3 aromatic rings. The van der Waals surface area contributed by atoms with Crippen molar-refractivity contribution in [3.05, 3.63) is 59.3 Å². The summed E-state index contributed by atoms with van der Waals surface area (Å²) in [5.41, 5.74) is 9.36. The van der Waals surface area contributed by atoms with Gasteiger partial charge in [-0.1, -0.05) is 12.1 Å². The number of nitrogens with two attached hydrogens (primary N) is 2. The Labute approximate surface area is 155 Å². The van der Waals surface area contributed by atoms with Crippen LogP contribution in [0.5, 0.6) is 0 Å². The summed E-state index contributed by atoms with van der Waals surface area (Å²) in [6, 6.07) is 13.1. The average Bonchev–Trinajstić information content (AvgIpc) is 3.25. The van der Waals surface area contributed by atoms with Crippen LogP contribution in [0.2, 0.25) is 0 Å². The molecular formula is C18H19N5O2S. The SMILES string of the molecule is C/C(N)=C(/SN)C(=O)Nc1ccc(-c2cc(-c3ccco3)nn2C)cc1. The van der Waals surface area contributed by atoms with Crippen LogP contribution in [0.25, 0.3) is 22.7 Å². The zero-order chi connectivity index (χ0) is 18.7. The molecule has 0 aliphatic heterocycles. The van der Waals surface area contributed by atoms with Gasteiger partial charge < -0.3 is 15.5 Å². The van der Waals surface area contributed by atoms with Crippen LogP contribution in [0.3, 0.4) is 0 Å². The van der Waals surface area contributed by atoms with Crippen LogP contribution in [-0.2, 0) is 11.8 Å². The van der Waals surface area contributed by atoms with E-state index in [-0.39, 0.29) is 5.91 Å². The number of nitrogens with zero attached hydrogens (tertiary/aromatic N) is 2. The number of aromatic nitrogens is 2. The number of hydrogen-bond acceptors (Lipinski definition) is 6. The first-order chi connectivity index (χ1) is 12.5. The van der Waals surface area contributed by atoms with Crippen LogP contribution in [0.1, 0.15) is 6.92 Å². The summed E-state index contributed by atoms with van der Waals surface area (Å²) in [5.74, 6) is 0.386. The second-order valence-corrected chi connectivity index (χ2v) is 6.32. The lowest BCUT2D eigenvalue weighted by Gasteiger charge is -2.09. The maximum absolute atomic E-state index is 12.2. The molecule has 2 heterocycles. The Hall–Kier alpha value is -2.97. The van der Waals surface area contributed by atoms with Gasteiger partial charge >= 0.3 is 0 Å². The van der Waals surface area contributed by atoms with E-state index in [4.69, 9.17) is 15.3 Å². The smallest absolute Gasteiger partial charge is 0.265 e. The molecule has 2 aromatic heterocycles. The quantitative estimate of drug-likeness (QED) is 0.471. The number of aryl methyl sites for hydroxylation is 1. The first-order valence-electron chi connectivity index (χ1n) is 7.82. The Balaban J connectivity index is 1.80. The van der Waals surface area contributed by atoms with E-state index in [1.165, 1.54) is 0 Å². The van der Waals surface area contributed by atoms with Crippen molar-refractivity contribution in [3.8, 4) is 22.7 Å². The van der Waals surface area contributed by atoms with Crippen LogP contribution in [-0.4, -0.2) is 15.7 Å². The van der Waals surface area contributed by atoms with Gasteiger partial charge in [-0.15, -0.1) is 0 Å². The summed E-state index contributed by atoms with van der Waals surface area (Å²) >= 11 is 0.831. The summed E-state index contributed by atoms with van der Waals surface area (Å²) in [6.07, 6.45) is 1.62. The molecule has 0 bridgehead atoms. The predicted molar refractivity (Wildman–Crippen MR) is 104 cm³/mol. The lowest BCUT2D eigenvalue weighted by Crippen LogP contribution is -2.17. The average molecular weight is 369 g/mol. The van der Waals surface area contributed by atoms with Gasteiger partial charge in [0, 0.05) is 18.4 Å². The van der Waals surface area contributed by atoms with E-state index < -0.39 is 0 Å². The molecule has 134 valence electrons. The second-order valence-electron chi connectivity index (χ2n) is 5.68. The molecule has 7 nitrogen and oxygen atoms in total. The molecule has 1 amide bonds. The summed E-state index contributed by atoms with van der Waals surface area (Å²) < 4.78 is 7.18. The summed E-state index contributed by atoms with van der Waals surface area (Å²) in [5, 5.41) is 12.7. The van der Waals surface area contributed by atoms with E-state index in [1.54, 1.807) is 17.9 Å². The summed E-state index contributed by atoms with van der Waals surface area (Å²) in [6.45, 7) is 1.64. The van der Waals surface area contributed by atoms with Gasteiger partial charge in [0.05, 0.1) is 12.0 Å². The number of benzene rings is 1. The van der Waals surface area contributed by atoms with Crippen molar-refractivity contribution in [3.63, 3.8) is 0 Å². The minimum absolute atomic E-state index is 0.295. The van der Waals surface area contributed by atoms with Crippen molar-refractivity contribution in [2.24, 2.45) is 17.9 Å². The molecule has 8 heteroatoms. The Bertz CT molecular complexity index is 939. The Morgan fingerprint density at radius 2 is 2.00 bits per heavy atom. The van der Waals surface area contributed by atoms with Crippen molar-refractivity contribution in [2.45, 2.75) is 6.92 Å². The molecule has 0 aliphatic carbocycles. The van der Waals surface area contributed by atoms with Gasteiger partial charge in [0.2, 0.25) is 0 Å². The molecule has 0 saturated heterocycles. The Kier molecular flexibility index (Phi) is 5.15. The third-order valence-corrected chi connectivity index (χ3v) is 4.52. The zero-order valence-corrected chi connectivity index (χ0v) is 15.2. The van der Waals surface area contributed by atoms with Gasteiger partial charge in [-0.3, -0.25) is 14.6 Å². The van der Waals surface area contributed by atoms with Gasteiger partial charge in [-0.25, -0.2) is 0 Å². The molecule has 0 unspecified atom stereocenters. The molecule has 3 rings (SSSR count). The fourth-order valence-electron chi connectivity index (χ4n) is 2.52. The van der Waals surface area contributed by atoms with E-state index >= 15 is 0 Å². The summed E-state index contributed by atoms with van der Waals surface area (Å²) in [7, 11) is 1.87. The standard InChI is InChI=1S/C18H19N5O2S/c1-11(19)17(26-20)18(24)21-13-7-5-12(6-8-13)15-10-14(22-23(15)2)16-4-3-9-25-16/h3-10H,19-20H2,1-2H3,(H,21,24)/b17-11-. The third kappa shape index (κ3) is 3.66. The number of carbonyl (C=O) groups is 1. The van der Waals surface area contributed by atoms with Crippen molar-refractivity contribution < 1.29 is 9.21 Å². The minimum Gasteiger partial charge on any atom is -0.463 e. The highest BCUT2D eigenvalue weighted by molar-refractivity contribution is 8.01. The van der Waals surface area contributed by atoms with Crippen molar-refractivity contribution in [1.29, 1.82) is 0 Å². The van der Waals surface area contributed by atoms with Gasteiger partial charge in [0.15, 0.2) is 5.76 Å². The van der Waals surface area contributed by atoms with Crippen molar-refractivity contribution >= 4 is 23.5 Å². The molecule has 1 aromatic carbocycles. The molecule has 0 atom stereocenters. The molecule has 0 radical (unpaired) electrons. The summed E-state index contributed by atoms with van der Waals surface area (Å²) in [4.78, 5) is 12.4. The van der Waals surface area contributed by atoms with Gasteiger partial charge in [0.25, 0.3) is 5.91 Å². The van der Waals surface area contributed by atoms with Gasteiger partial charge in [-0.2, -0.15) is 5.10 Å². The van der Waals surface area contributed by atoms with E-state index in [0.717, 1.165) is 28.9 Å². The maximum Gasteiger partial charge on any atom is 0.265 e. The number of furan rings is 1. The van der Waals surface area contributed by atoms with Gasteiger partial charge in [-0.05, 0) is 54.8 Å². The van der Waals surface area contributed by atoms with Crippen LogP contribution in [0, 0.1) is 0 Å². The fraction of sp³-hybridized carbons (Fsp3) is 0.111. The van der Waals surface area contributed by atoms with Crippen molar-refractivity contribution in [1.82, 2.24) is 9.78 Å². The lowest BCUT2D eigenvalue weighted by molar-refractivity contribution is -0.112. The molecule has 0 fully saturated rings. The van der Waals surface area contributed by atoms with Crippen LogP contribution in [0.4, 0.5) is 5.69 Å². The monoisotopic (exact) mass is 369 g/mol. The number of anilines is 1. The van der Waals surface area contributed by atoms with E-state index in [9.17, 15) is 4.79 Å². The van der Waals surface area contributed by atoms with E-state index in [2.05, 4.69) is 10.4 Å².